The maximum Gasteiger partial charge on any atom is 0.257 e. The first-order valence-electron chi connectivity index (χ1n) is 10.9. The first kappa shape index (κ1) is 24.9. The zero-order chi connectivity index (χ0) is 24.8. The highest BCUT2D eigenvalue weighted by atomic mass is 35.5. The number of aryl methyl sites for hydroxylation is 1. The molecule has 1 atom stereocenters. The maximum atomic E-state index is 13.4. The van der Waals surface area contributed by atoms with Crippen molar-refractivity contribution in [2.45, 2.75) is 17.1 Å². The Kier molecular flexibility index (Phi) is 8.13. The topological polar surface area (TPSA) is 58.2 Å². The Balaban J connectivity index is 1.55. The van der Waals surface area contributed by atoms with E-state index in [4.69, 9.17) is 23.2 Å². The van der Waals surface area contributed by atoms with E-state index in [0.717, 1.165) is 21.7 Å². The van der Waals surface area contributed by atoms with E-state index in [1.165, 1.54) is 17.8 Å². The van der Waals surface area contributed by atoms with Crippen LogP contribution in [0.1, 0.15) is 26.7 Å². The second-order valence-corrected chi connectivity index (χ2v) is 9.84. The van der Waals surface area contributed by atoms with Crippen molar-refractivity contribution in [1.82, 2.24) is 0 Å². The van der Waals surface area contributed by atoms with E-state index >= 15 is 0 Å². The molecule has 0 aromatic heterocycles. The van der Waals surface area contributed by atoms with Gasteiger partial charge in [0.25, 0.3) is 5.91 Å². The summed E-state index contributed by atoms with van der Waals surface area (Å²) in [6, 6.07) is 29.4. The van der Waals surface area contributed by atoms with Gasteiger partial charge in [0.15, 0.2) is 0 Å². The summed E-state index contributed by atoms with van der Waals surface area (Å²) in [5, 5.41) is 6.16. The van der Waals surface area contributed by atoms with Gasteiger partial charge in [-0.05, 0) is 60.5 Å². The predicted octanol–water partition coefficient (Wildman–Crippen LogP) is 8.03. The lowest BCUT2D eigenvalue weighted by atomic mass is 10.1. The second kappa shape index (κ2) is 11.5. The molecule has 0 aliphatic rings. The van der Waals surface area contributed by atoms with Crippen molar-refractivity contribution < 1.29 is 9.59 Å². The smallest absolute Gasteiger partial charge is 0.257 e. The fourth-order valence-electron chi connectivity index (χ4n) is 3.47. The number of para-hydroxylation sites is 1. The summed E-state index contributed by atoms with van der Waals surface area (Å²) in [7, 11) is 0. The third-order valence-corrected chi connectivity index (χ3v) is 7.06. The van der Waals surface area contributed by atoms with Gasteiger partial charge in [0.1, 0.15) is 5.25 Å². The van der Waals surface area contributed by atoms with Gasteiger partial charge < -0.3 is 10.6 Å². The fourth-order valence-corrected chi connectivity index (χ4v) is 5.05. The molecule has 1 unspecified atom stereocenters. The first-order valence-corrected chi connectivity index (χ1v) is 12.5. The molecule has 0 saturated carbocycles. The van der Waals surface area contributed by atoms with E-state index in [1.807, 2.05) is 79.7 Å². The molecule has 0 aliphatic carbocycles. The molecule has 2 N–H and O–H groups in total. The molecule has 0 fully saturated rings. The van der Waals surface area contributed by atoms with Gasteiger partial charge in [-0.1, -0.05) is 77.8 Å². The molecule has 4 nitrogen and oxygen atoms in total. The standard InChI is InChI=1S/C28H22Cl2N2O2S/c1-18-8-5-6-13-25(18)32-28(34)26(19-9-3-2-4-10-19)35-22-12-7-11-21(17-22)31-27(33)23-15-14-20(29)16-24(23)30/h2-17,26H,1H3,(H,31,33)(H,32,34). The van der Waals surface area contributed by atoms with Gasteiger partial charge in [-0.3, -0.25) is 9.59 Å². The summed E-state index contributed by atoms with van der Waals surface area (Å²) in [5.41, 5.74) is 3.57. The molecule has 4 aromatic carbocycles. The number of halogens is 2. The van der Waals surface area contributed by atoms with E-state index in [2.05, 4.69) is 10.6 Å². The predicted molar refractivity (Wildman–Crippen MR) is 146 cm³/mol. The highest BCUT2D eigenvalue weighted by Crippen LogP contribution is 2.37. The molecule has 0 radical (unpaired) electrons. The Hall–Kier alpha value is -3.25. The Morgan fingerprint density at radius 3 is 2.29 bits per heavy atom. The second-order valence-electron chi connectivity index (χ2n) is 7.82. The summed E-state index contributed by atoms with van der Waals surface area (Å²) in [6.07, 6.45) is 0. The van der Waals surface area contributed by atoms with Gasteiger partial charge in [0.2, 0.25) is 5.91 Å². The summed E-state index contributed by atoms with van der Waals surface area (Å²) in [5.74, 6) is -0.469. The molecule has 4 aromatic rings. The van der Waals surface area contributed by atoms with Gasteiger partial charge in [-0.2, -0.15) is 0 Å². The molecule has 0 spiro atoms. The minimum atomic E-state index is -0.493. The molecule has 0 aliphatic heterocycles. The van der Waals surface area contributed by atoms with Crippen molar-refractivity contribution in [2.24, 2.45) is 0 Å². The average Bonchev–Trinajstić information content (AvgIpc) is 2.84. The van der Waals surface area contributed by atoms with Gasteiger partial charge in [0.05, 0.1) is 10.6 Å². The van der Waals surface area contributed by atoms with Crippen molar-refractivity contribution in [3.63, 3.8) is 0 Å². The molecule has 7 heteroatoms. The van der Waals surface area contributed by atoms with Gasteiger partial charge in [0, 0.05) is 21.3 Å². The number of benzene rings is 4. The van der Waals surface area contributed by atoms with Gasteiger partial charge in [-0.15, -0.1) is 11.8 Å². The van der Waals surface area contributed by atoms with Crippen LogP contribution in [0.2, 0.25) is 10.0 Å². The maximum absolute atomic E-state index is 13.4. The number of hydrogen-bond acceptors (Lipinski definition) is 3. The Morgan fingerprint density at radius 2 is 1.54 bits per heavy atom. The van der Waals surface area contributed by atoms with Crippen LogP contribution in [0, 0.1) is 6.92 Å². The van der Waals surface area contributed by atoms with Crippen LogP contribution in [-0.2, 0) is 4.79 Å². The summed E-state index contributed by atoms with van der Waals surface area (Å²) < 4.78 is 0. The number of thioether (sulfide) groups is 1. The van der Waals surface area contributed by atoms with Crippen LogP contribution in [0.5, 0.6) is 0 Å². The van der Waals surface area contributed by atoms with E-state index < -0.39 is 5.25 Å². The number of carbonyl (C=O) groups is 2. The third kappa shape index (κ3) is 6.45. The molecule has 2 amide bonds. The van der Waals surface area contributed by atoms with Crippen LogP contribution in [0.15, 0.2) is 102 Å². The number of nitrogens with one attached hydrogen (secondary N) is 2. The van der Waals surface area contributed by atoms with Crippen molar-refractivity contribution >= 4 is 58.2 Å². The van der Waals surface area contributed by atoms with Crippen molar-refractivity contribution in [3.05, 3.63) is 124 Å². The SMILES string of the molecule is Cc1ccccc1NC(=O)C(Sc1cccc(NC(=O)c2ccc(Cl)cc2Cl)c1)c1ccccc1. The monoisotopic (exact) mass is 520 g/mol. The van der Waals surface area contributed by atoms with E-state index in [-0.39, 0.29) is 16.8 Å². The third-order valence-electron chi connectivity index (χ3n) is 5.26. The highest BCUT2D eigenvalue weighted by molar-refractivity contribution is 8.00. The largest absolute Gasteiger partial charge is 0.325 e. The number of rotatable bonds is 7. The molecule has 4 rings (SSSR count). The van der Waals surface area contributed by atoms with E-state index in [0.29, 0.717) is 16.3 Å². The normalized spacial score (nSPS) is 11.5. The van der Waals surface area contributed by atoms with Crippen LogP contribution in [0.25, 0.3) is 0 Å². The average molecular weight is 521 g/mol. The number of anilines is 2. The quantitative estimate of drug-likeness (QED) is 0.242. The Bertz CT molecular complexity index is 1360. The lowest BCUT2D eigenvalue weighted by Gasteiger charge is -2.18. The van der Waals surface area contributed by atoms with Crippen molar-refractivity contribution in [1.29, 1.82) is 0 Å². The van der Waals surface area contributed by atoms with Crippen LogP contribution < -0.4 is 10.6 Å². The van der Waals surface area contributed by atoms with Crippen molar-refractivity contribution in [3.8, 4) is 0 Å². The number of amides is 2. The first-order chi connectivity index (χ1) is 16.9. The molecule has 0 heterocycles. The molecule has 0 bridgehead atoms. The summed E-state index contributed by atoms with van der Waals surface area (Å²) in [4.78, 5) is 26.9. The van der Waals surface area contributed by atoms with Crippen LogP contribution in [0.3, 0.4) is 0 Å². The highest BCUT2D eigenvalue weighted by Gasteiger charge is 2.23. The van der Waals surface area contributed by atoms with Crippen LogP contribution >= 0.6 is 35.0 Å². The van der Waals surface area contributed by atoms with Gasteiger partial charge in [-0.25, -0.2) is 0 Å². The van der Waals surface area contributed by atoms with E-state index in [1.54, 1.807) is 18.2 Å². The van der Waals surface area contributed by atoms with Crippen LogP contribution in [-0.4, -0.2) is 11.8 Å². The minimum Gasteiger partial charge on any atom is -0.325 e. The lowest BCUT2D eigenvalue weighted by Crippen LogP contribution is -2.19. The molecular formula is C28H22Cl2N2O2S. The number of hydrogen-bond donors (Lipinski definition) is 2. The van der Waals surface area contributed by atoms with E-state index in [9.17, 15) is 9.59 Å². The van der Waals surface area contributed by atoms with Crippen LogP contribution in [0.4, 0.5) is 11.4 Å². The fraction of sp³-hybridized carbons (Fsp3) is 0.0714. The Labute approximate surface area is 218 Å². The molecule has 176 valence electrons. The zero-order valence-corrected chi connectivity index (χ0v) is 21.1. The lowest BCUT2D eigenvalue weighted by molar-refractivity contribution is -0.115. The van der Waals surface area contributed by atoms with Gasteiger partial charge >= 0.3 is 0 Å². The molecular weight excluding hydrogens is 499 g/mol. The van der Waals surface area contributed by atoms with Crippen molar-refractivity contribution in [2.75, 3.05) is 10.6 Å². The Morgan fingerprint density at radius 1 is 0.800 bits per heavy atom. The number of carbonyl (C=O) groups excluding carboxylic acids is 2. The minimum absolute atomic E-state index is 0.127. The zero-order valence-electron chi connectivity index (χ0n) is 18.8. The summed E-state index contributed by atoms with van der Waals surface area (Å²) in [6.45, 7) is 1.96. The molecule has 35 heavy (non-hydrogen) atoms. The summed E-state index contributed by atoms with van der Waals surface area (Å²) >= 11 is 13.5. The molecule has 0 saturated heterocycles.